The van der Waals surface area contributed by atoms with E-state index in [4.69, 9.17) is 16.9 Å². The molecule has 0 saturated carbocycles. The highest BCUT2D eigenvalue weighted by Crippen LogP contribution is 2.24. The second-order valence-corrected chi connectivity index (χ2v) is 21.1. The number of para-hydroxylation sites is 1. The van der Waals surface area contributed by atoms with Gasteiger partial charge < -0.3 is 69.3 Å². The molecule has 2 aromatic carbocycles. The number of guanidine groups is 1. The standard InChI is InChI=1S/C48H62N16O10S2/c1-25-39(67)59-34(18-28-20-52-24-55-28)43(71)60-32(16-26-10-5-4-6-11-26)41(69)58-31(14-9-15-53-46(50)51)40(68)61-33(17-27-19-54-30-13-8-7-12-29(27)30)42(70)62-35(38(49)66)22-75-76-23-36(44(72)56-25)57-37(65)21-64-45(73)48(2,3)63-47(64)74/h4-8,10-13,19-20,24-25,31-36,54H,9,14-18,21-23H2,1-3H3,(H2,49,66)(H,52,55)(H,56,72)(H,57,65)(H,58,69)(H,59,67)(H,60,71)(H,61,68)(H,62,70)(H,63,74)(H4,50,51,53)/t25-,31+,32-,33+,34+,35+,36+/m1/s1. The SMILES string of the molecule is C[C@H]1NC(=O)[C@@H](NC(=O)CN2C(=O)NC(C)(C)C2=O)CSSC[C@@H](C(N)=O)NC(=O)[C@H](Cc2c[nH]c3ccccc23)NC(=O)[C@H](CCCNC(=N)N)NC(=O)[C@@H](Cc2ccccc2)NC(=O)[C@H](Cc2cnc[nH]2)NC1=O. The number of urea groups is 1. The minimum absolute atomic E-state index is 0.0590. The van der Waals surface area contributed by atoms with E-state index in [1.54, 1.807) is 42.6 Å². The van der Waals surface area contributed by atoms with Gasteiger partial charge in [0.1, 0.15) is 54.4 Å². The predicted molar refractivity (Wildman–Crippen MR) is 281 cm³/mol. The molecule has 6 rings (SSSR count). The number of carbonyl (C=O) groups is 10. The summed E-state index contributed by atoms with van der Waals surface area (Å²) >= 11 is 0. The number of aromatic nitrogens is 3. The van der Waals surface area contributed by atoms with Gasteiger partial charge in [-0.3, -0.25) is 53.5 Å². The van der Waals surface area contributed by atoms with Crippen molar-refractivity contribution in [3.63, 3.8) is 0 Å². The summed E-state index contributed by atoms with van der Waals surface area (Å²) < 4.78 is 0. The molecule has 4 aromatic rings. The van der Waals surface area contributed by atoms with Crippen molar-refractivity contribution in [1.82, 2.24) is 67.7 Å². The van der Waals surface area contributed by atoms with Crippen molar-refractivity contribution in [2.24, 2.45) is 11.5 Å². The van der Waals surface area contributed by atoms with Crippen LogP contribution in [0.5, 0.6) is 0 Å². The lowest BCUT2D eigenvalue weighted by Crippen LogP contribution is -2.60. The zero-order chi connectivity index (χ0) is 55.1. The lowest BCUT2D eigenvalue weighted by Gasteiger charge is -2.27. The Morgan fingerprint density at radius 3 is 2.03 bits per heavy atom. The van der Waals surface area contributed by atoms with Gasteiger partial charge in [0.2, 0.25) is 47.3 Å². The number of nitrogens with zero attached hydrogens (tertiary/aromatic N) is 2. The summed E-state index contributed by atoms with van der Waals surface area (Å²) in [5, 5.41) is 32.1. The van der Waals surface area contributed by atoms with Gasteiger partial charge >= 0.3 is 6.03 Å². The van der Waals surface area contributed by atoms with Gasteiger partial charge in [-0.05, 0) is 50.8 Å². The normalized spacial score (nSPS) is 23.5. The number of aromatic amines is 2. The van der Waals surface area contributed by atoms with Gasteiger partial charge in [0.15, 0.2) is 5.96 Å². The van der Waals surface area contributed by atoms with Crippen LogP contribution in [0.2, 0.25) is 0 Å². The lowest BCUT2D eigenvalue weighted by atomic mass is 10.0. The first kappa shape index (κ1) is 57.1. The number of hydrogen-bond donors (Lipinski definition) is 14. The first-order valence-electron chi connectivity index (χ1n) is 24.1. The molecular formula is C48H62N16O10S2. The topological polar surface area (TPSA) is 403 Å². The van der Waals surface area contributed by atoms with Gasteiger partial charge in [-0.2, -0.15) is 0 Å². The Labute approximate surface area is 444 Å². The molecule has 76 heavy (non-hydrogen) atoms. The Bertz CT molecular complexity index is 2790. The third-order valence-corrected chi connectivity index (χ3v) is 14.7. The number of nitrogens with one attached hydrogen (secondary N) is 12. The summed E-state index contributed by atoms with van der Waals surface area (Å²) in [5.74, 6) is -8.38. The van der Waals surface area contributed by atoms with E-state index in [-0.39, 0.29) is 56.1 Å². The third kappa shape index (κ3) is 15.9. The number of amides is 11. The molecule has 2 aliphatic rings. The number of hydrogen-bond acceptors (Lipinski definition) is 14. The summed E-state index contributed by atoms with van der Waals surface area (Å²) in [4.78, 5) is 149. The van der Waals surface area contributed by atoms with Crippen LogP contribution in [0.25, 0.3) is 10.9 Å². The van der Waals surface area contributed by atoms with Crippen molar-refractivity contribution in [2.75, 3.05) is 24.6 Å². The van der Waals surface area contributed by atoms with Crippen LogP contribution in [0.15, 0.2) is 73.3 Å². The average molecular weight is 1090 g/mol. The molecule has 0 spiro atoms. The van der Waals surface area contributed by atoms with Crippen molar-refractivity contribution in [1.29, 1.82) is 5.41 Å². The van der Waals surface area contributed by atoms with Crippen molar-refractivity contribution in [3.8, 4) is 0 Å². The van der Waals surface area contributed by atoms with Crippen molar-refractivity contribution >= 4 is 97.6 Å². The van der Waals surface area contributed by atoms with Gasteiger partial charge in [-0.15, -0.1) is 0 Å². The number of imidazole rings is 1. The fourth-order valence-corrected chi connectivity index (χ4v) is 10.5. The molecule has 2 saturated heterocycles. The molecular weight excluding hydrogens is 1020 g/mol. The number of carbonyl (C=O) groups excluding carboxylic acids is 10. The summed E-state index contributed by atoms with van der Waals surface area (Å²) in [6.45, 7) is 3.59. The quantitative estimate of drug-likeness (QED) is 0.0210. The number of rotatable bonds is 14. The van der Waals surface area contributed by atoms with Crippen LogP contribution in [0.3, 0.4) is 0 Å². The maximum Gasteiger partial charge on any atom is 0.325 e. The van der Waals surface area contributed by atoms with Crippen LogP contribution in [0.4, 0.5) is 4.79 Å². The average Bonchev–Trinajstić information content (AvgIpc) is 4.10. The monoisotopic (exact) mass is 1090 g/mol. The Hall–Kier alpha value is -8.14. The first-order valence-corrected chi connectivity index (χ1v) is 26.6. The lowest BCUT2D eigenvalue weighted by molar-refractivity contribution is -0.136. The van der Waals surface area contributed by atoms with Gasteiger partial charge in [0.25, 0.3) is 5.91 Å². The van der Waals surface area contributed by atoms with E-state index in [9.17, 15) is 47.9 Å². The van der Waals surface area contributed by atoms with E-state index >= 15 is 0 Å². The summed E-state index contributed by atoms with van der Waals surface area (Å²) in [7, 11) is 1.95. The summed E-state index contributed by atoms with van der Waals surface area (Å²) in [6.07, 6.45) is 4.18. The van der Waals surface area contributed by atoms with Gasteiger partial charge in [0, 0.05) is 66.3 Å². The largest absolute Gasteiger partial charge is 0.370 e. The number of nitrogens with two attached hydrogens (primary N) is 2. The van der Waals surface area contributed by atoms with Gasteiger partial charge in [-0.1, -0.05) is 70.1 Å². The molecule has 26 nitrogen and oxygen atoms in total. The van der Waals surface area contributed by atoms with Crippen molar-refractivity contribution in [2.45, 2.75) is 101 Å². The number of benzene rings is 2. The molecule has 406 valence electrons. The molecule has 11 amide bonds. The molecule has 7 atom stereocenters. The number of imide groups is 1. The second kappa shape index (κ2) is 26.4. The minimum atomic E-state index is -1.44. The fourth-order valence-electron chi connectivity index (χ4n) is 8.13. The van der Waals surface area contributed by atoms with Crippen molar-refractivity contribution < 1.29 is 47.9 Å². The molecule has 0 bridgehead atoms. The Morgan fingerprint density at radius 1 is 0.750 bits per heavy atom. The molecule has 28 heteroatoms. The zero-order valence-corrected chi connectivity index (χ0v) is 43.4. The highest BCUT2D eigenvalue weighted by atomic mass is 33.1. The number of H-pyrrole nitrogens is 2. The van der Waals surface area contributed by atoms with E-state index in [0.717, 1.165) is 32.5 Å². The summed E-state index contributed by atoms with van der Waals surface area (Å²) in [6, 6.07) is 5.32. The van der Waals surface area contributed by atoms with Crippen molar-refractivity contribution in [3.05, 3.63) is 90.1 Å². The molecule has 2 fully saturated rings. The Morgan fingerprint density at radius 2 is 1.37 bits per heavy atom. The molecule has 2 aliphatic heterocycles. The number of fused-ring (bicyclic) bond motifs is 1. The van der Waals surface area contributed by atoms with Gasteiger partial charge in [-0.25, -0.2) is 9.78 Å². The highest BCUT2D eigenvalue weighted by molar-refractivity contribution is 8.76. The van der Waals surface area contributed by atoms with Crippen LogP contribution < -0.4 is 59.3 Å². The Kier molecular flexibility index (Phi) is 19.8. The summed E-state index contributed by atoms with van der Waals surface area (Å²) in [5.41, 5.74) is 12.4. The van der Waals surface area contributed by atoms with E-state index in [1.165, 1.54) is 33.3 Å². The fraction of sp³-hybridized carbons (Fsp3) is 0.417. The van der Waals surface area contributed by atoms with Crippen LogP contribution in [0, 0.1) is 5.41 Å². The van der Waals surface area contributed by atoms with E-state index < -0.39 is 114 Å². The highest BCUT2D eigenvalue weighted by Gasteiger charge is 2.45. The van der Waals surface area contributed by atoms with Crippen LogP contribution in [0.1, 0.15) is 50.4 Å². The van der Waals surface area contributed by atoms with Crippen LogP contribution in [-0.4, -0.2) is 157 Å². The second-order valence-electron chi connectivity index (χ2n) is 18.6. The molecule has 0 radical (unpaired) electrons. The van der Waals surface area contributed by atoms with Crippen LogP contribution in [-0.2, 0) is 62.4 Å². The van der Waals surface area contributed by atoms with E-state index in [1.807, 2.05) is 18.2 Å². The zero-order valence-electron chi connectivity index (χ0n) is 41.8. The first-order chi connectivity index (χ1) is 36.2. The maximum absolute atomic E-state index is 14.6. The molecule has 4 heterocycles. The minimum Gasteiger partial charge on any atom is -0.370 e. The molecule has 0 aliphatic carbocycles. The van der Waals surface area contributed by atoms with E-state index in [0.29, 0.717) is 21.7 Å². The maximum atomic E-state index is 14.6. The Balaban J connectivity index is 1.36. The molecule has 0 unspecified atom stereocenters. The molecule has 2 aromatic heterocycles. The predicted octanol–water partition coefficient (Wildman–Crippen LogP) is -2.19. The molecule has 16 N–H and O–H groups in total. The third-order valence-electron chi connectivity index (χ3n) is 12.2. The van der Waals surface area contributed by atoms with Crippen LogP contribution >= 0.6 is 21.6 Å². The number of primary amides is 1. The van der Waals surface area contributed by atoms with Gasteiger partial charge in [0.05, 0.1) is 6.33 Å². The smallest absolute Gasteiger partial charge is 0.325 e. The van der Waals surface area contributed by atoms with E-state index in [2.05, 4.69) is 62.8 Å².